The molecule has 2 heterocycles. The molecule has 312 valence electrons. The number of aromatic nitrogens is 1. The summed E-state index contributed by atoms with van der Waals surface area (Å²) in [5.74, 6) is 0. The van der Waals surface area contributed by atoms with E-state index in [9.17, 15) is 0 Å². The zero-order valence-electron chi connectivity index (χ0n) is 36.4. The molecule has 0 radical (unpaired) electrons. The highest BCUT2D eigenvalue weighted by atomic mass is 32.1. The highest BCUT2D eigenvalue weighted by molar-refractivity contribution is 7.25. The number of para-hydroxylation sites is 1. The molecule has 12 aromatic carbocycles. The third-order valence-electron chi connectivity index (χ3n) is 13.9. The van der Waals surface area contributed by atoms with Crippen LogP contribution in [0, 0.1) is 0 Å². The smallest absolute Gasteiger partial charge is 0.0541 e. The van der Waals surface area contributed by atoms with Gasteiger partial charge in [-0.15, -0.1) is 11.3 Å². The van der Waals surface area contributed by atoms with E-state index in [0.29, 0.717) is 0 Å². The Morgan fingerprint density at radius 1 is 0.284 bits per heavy atom. The van der Waals surface area contributed by atoms with E-state index >= 15 is 0 Å². The fourth-order valence-corrected chi connectivity index (χ4v) is 11.9. The summed E-state index contributed by atoms with van der Waals surface area (Å²) in [6, 6.07) is 89.6. The lowest BCUT2D eigenvalue weighted by Gasteiger charge is -2.26. The Balaban J connectivity index is 0.933. The molecule has 0 aliphatic carbocycles. The molecule has 0 atom stereocenters. The Hall–Kier alpha value is -8.50. The summed E-state index contributed by atoms with van der Waals surface area (Å²) < 4.78 is 5.01. The van der Waals surface area contributed by atoms with E-state index in [2.05, 4.69) is 252 Å². The van der Waals surface area contributed by atoms with Gasteiger partial charge >= 0.3 is 0 Å². The summed E-state index contributed by atoms with van der Waals surface area (Å²) in [7, 11) is 0. The lowest BCUT2D eigenvalue weighted by Crippen LogP contribution is -2.09. The highest BCUT2D eigenvalue weighted by Crippen LogP contribution is 2.45. The van der Waals surface area contributed by atoms with E-state index < -0.39 is 0 Å². The minimum Gasteiger partial charge on any atom is -0.310 e. The van der Waals surface area contributed by atoms with Crippen molar-refractivity contribution in [2.75, 3.05) is 4.90 Å². The van der Waals surface area contributed by atoms with Gasteiger partial charge in [0.1, 0.15) is 0 Å². The van der Waals surface area contributed by atoms with E-state index in [0.717, 1.165) is 22.7 Å². The fraction of sp³-hybridized carbons (Fsp3) is 0. The zero-order chi connectivity index (χ0) is 44.0. The molecule has 0 amide bonds. The quantitative estimate of drug-likeness (QED) is 0.151. The van der Waals surface area contributed by atoms with E-state index in [4.69, 9.17) is 0 Å². The van der Waals surface area contributed by atoms with E-state index in [1.54, 1.807) is 0 Å². The van der Waals surface area contributed by atoms with Crippen LogP contribution in [0.4, 0.5) is 17.1 Å². The van der Waals surface area contributed by atoms with Crippen molar-refractivity contribution in [3.63, 3.8) is 0 Å². The lowest BCUT2D eigenvalue weighted by atomic mass is 9.94. The summed E-state index contributed by atoms with van der Waals surface area (Å²) in [6.07, 6.45) is 0. The van der Waals surface area contributed by atoms with Crippen molar-refractivity contribution in [3.8, 4) is 27.9 Å². The molecule has 0 bridgehead atoms. The van der Waals surface area contributed by atoms with Crippen molar-refractivity contribution >= 4 is 113 Å². The highest BCUT2D eigenvalue weighted by Gasteiger charge is 2.19. The van der Waals surface area contributed by atoms with Crippen LogP contribution in [0.15, 0.2) is 243 Å². The van der Waals surface area contributed by atoms with Gasteiger partial charge in [0.05, 0.1) is 11.0 Å². The first kappa shape index (κ1) is 37.8. The Kier molecular flexibility index (Phi) is 8.49. The SMILES string of the molecule is c1ccc(-n2c3ccc(-c4ccc(N(c5ccc6sc7ccccc7c6c5)c5ccc6c7ccccc7c7ccccc7c6c5)cc4)cc3c3cc(-c4cccc5ccccc45)ccc32)cc1. The van der Waals surface area contributed by atoms with Gasteiger partial charge in [0.2, 0.25) is 0 Å². The number of hydrogen-bond donors (Lipinski definition) is 0. The van der Waals surface area contributed by atoms with Gasteiger partial charge in [-0.05, 0) is 150 Å². The molecule has 0 aliphatic heterocycles. The molecule has 67 heavy (non-hydrogen) atoms. The number of rotatable bonds is 6. The third kappa shape index (κ3) is 6.02. The maximum Gasteiger partial charge on any atom is 0.0541 e. The average Bonchev–Trinajstić information content (AvgIpc) is 3.94. The van der Waals surface area contributed by atoms with Crippen LogP contribution < -0.4 is 4.90 Å². The van der Waals surface area contributed by atoms with Crippen LogP contribution >= 0.6 is 11.3 Å². The Morgan fingerprint density at radius 2 is 0.791 bits per heavy atom. The van der Waals surface area contributed by atoms with Crippen molar-refractivity contribution in [3.05, 3.63) is 243 Å². The van der Waals surface area contributed by atoms with Crippen molar-refractivity contribution in [1.82, 2.24) is 4.57 Å². The molecule has 0 N–H and O–H groups in total. The zero-order valence-corrected chi connectivity index (χ0v) is 37.2. The second kappa shape index (κ2) is 15.0. The number of nitrogens with zero attached hydrogens (tertiary/aromatic N) is 2. The van der Waals surface area contributed by atoms with Gasteiger partial charge in [0, 0.05) is 53.7 Å². The number of benzene rings is 12. The molecule has 0 spiro atoms. The van der Waals surface area contributed by atoms with Crippen LogP contribution in [0.5, 0.6) is 0 Å². The first-order chi connectivity index (χ1) is 33.2. The van der Waals surface area contributed by atoms with Crippen molar-refractivity contribution < 1.29 is 0 Å². The Labute approximate surface area is 391 Å². The molecule has 3 heteroatoms. The topological polar surface area (TPSA) is 8.17 Å². The molecule has 2 nitrogen and oxygen atoms in total. The molecule has 0 saturated carbocycles. The van der Waals surface area contributed by atoms with Crippen LogP contribution in [0.2, 0.25) is 0 Å². The number of anilines is 3. The molecule has 0 saturated heterocycles. The fourth-order valence-electron chi connectivity index (χ4n) is 10.8. The number of thiophene rings is 1. The van der Waals surface area contributed by atoms with Crippen LogP contribution in [-0.2, 0) is 0 Å². The van der Waals surface area contributed by atoms with E-state index in [1.807, 2.05) is 11.3 Å². The van der Waals surface area contributed by atoms with Crippen molar-refractivity contribution in [1.29, 1.82) is 0 Å². The second-order valence-electron chi connectivity index (χ2n) is 17.6. The normalized spacial score (nSPS) is 11.9. The summed E-state index contributed by atoms with van der Waals surface area (Å²) in [6.45, 7) is 0. The summed E-state index contributed by atoms with van der Waals surface area (Å²) in [5.41, 5.74) is 11.7. The van der Waals surface area contributed by atoms with Crippen molar-refractivity contribution in [2.24, 2.45) is 0 Å². The summed E-state index contributed by atoms with van der Waals surface area (Å²) >= 11 is 1.86. The molecule has 0 aliphatic rings. The summed E-state index contributed by atoms with van der Waals surface area (Å²) in [4.78, 5) is 2.44. The first-order valence-corrected chi connectivity index (χ1v) is 23.8. The van der Waals surface area contributed by atoms with Gasteiger partial charge in [0.25, 0.3) is 0 Å². The molecule has 0 fully saturated rings. The lowest BCUT2D eigenvalue weighted by molar-refractivity contribution is 1.18. The Bertz CT molecular complexity index is 4230. The van der Waals surface area contributed by atoms with Crippen LogP contribution in [-0.4, -0.2) is 4.57 Å². The molecule has 14 rings (SSSR count). The average molecular weight is 869 g/mol. The predicted molar refractivity (Wildman–Crippen MR) is 289 cm³/mol. The number of fused-ring (bicyclic) bond motifs is 13. The van der Waals surface area contributed by atoms with E-state index in [1.165, 1.54) is 107 Å². The third-order valence-corrected chi connectivity index (χ3v) is 15.1. The van der Waals surface area contributed by atoms with Gasteiger partial charge < -0.3 is 9.47 Å². The maximum absolute atomic E-state index is 2.44. The van der Waals surface area contributed by atoms with Gasteiger partial charge in [0.15, 0.2) is 0 Å². The molecule has 2 aromatic heterocycles. The minimum absolute atomic E-state index is 1.11. The molecular formula is C64H40N2S. The predicted octanol–water partition coefficient (Wildman–Crippen LogP) is 18.6. The standard InChI is InChI=1S/C64H40N2S/c1-2-15-45(16-3-1)66-61-34-27-43(37-58(61)59-38-44(28-35-62(59)66)50-23-12-14-42-13-4-5-17-49(42)50)41-25-29-46(30-26-41)65(48-32-36-64-60(40-48)56-22-10-11-24-63(56)67-64)47-31-33-55-53-20-7-6-18-51(53)52-19-8-9-21-54(52)57(55)39-47/h1-40H. The van der Waals surface area contributed by atoms with Crippen LogP contribution in [0.25, 0.3) is 113 Å². The minimum atomic E-state index is 1.11. The molecule has 14 aromatic rings. The van der Waals surface area contributed by atoms with Gasteiger partial charge in [-0.25, -0.2) is 0 Å². The van der Waals surface area contributed by atoms with Gasteiger partial charge in [-0.1, -0.05) is 158 Å². The van der Waals surface area contributed by atoms with Crippen molar-refractivity contribution in [2.45, 2.75) is 0 Å². The molecule has 0 unspecified atom stereocenters. The Morgan fingerprint density at radius 3 is 1.52 bits per heavy atom. The number of hydrogen-bond acceptors (Lipinski definition) is 2. The largest absolute Gasteiger partial charge is 0.310 e. The second-order valence-corrected chi connectivity index (χ2v) is 18.7. The van der Waals surface area contributed by atoms with E-state index in [-0.39, 0.29) is 0 Å². The van der Waals surface area contributed by atoms with Gasteiger partial charge in [-0.3, -0.25) is 0 Å². The monoisotopic (exact) mass is 868 g/mol. The van der Waals surface area contributed by atoms with Crippen LogP contribution in [0.1, 0.15) is 0 Å². The molecular weight excluding hydrogens is 829 g/mol. The van der Waals surface area contributed by atoms with Crippen LogP contribution in [0.3, 0.4) is 0 Å². The summed E-state index contributed by atoms with van der Waals surface area (Å²) in [5, 5.41) is 15.2. The maximum atomic E-state index is 2.44. The first-order valence-electron chi connectivity index (χ1n) is 23.0. The van der Waals surface area contributed by atoms with Gasteiger partial charge in [-0.2, -0.15) is 0 Å².